The number of amides is 2. The summed E-state index contributed by atoms with van der Waals surface area (Å²) in [6.07, 6.45) is 13.7. The molecule has 1 aliphatic carbocycles. The highest BCUT2D eigenvalue weighted by molar-refractivity contribution is 7.14. The number of hydrogen-bond acceptors (Lipinski definition) is 13. The molecular formula is C59H70FN9O7S4. The van der Waals surface area contributed by atoms with E-state index in [0.717, 1.165) is 70.9 Å². The summed E-state index contributed by atoms with van der Waals surface area (Å²) >= 11 is 7.18. The second-order valence-electron chi connectivity index (χ2n) is 19.1. The average Bonchev–Trinajstić information content (AvgIpc) is 4.40. The number of esters is 1. The minimum Gasteiger partial charge on any atom is -0.508 e. The molecule has 1 unspecified atom stereocenters. The van der Waals surface area contributed by atoms with E-state index >= 15 is 0 Å². The van der Waals surface area contributed by atoms with Crippen molar-refractivity contribution in [2.24, 2.45) is 28.0 Å². The van der Waals surface area contributed by atoms with E-state index in [-0.39, 0.29) is 61.3 Å². The van der Waals surface area contributed by atoms with Gasteiger partial charge in [0.1, 0.15) is 11.5 Å². The first kappa shape index (κ1) is 62.1. The van der Waals surface area contributed by atoms with Crippen LogP contribution in [0.5, 0.6) is 11.5 Å². The lowest BCUT2D eigenvalue weighted by atomic mass is 9.79. The summed E-state index contributed by atoms with van der Waals surface area (Å²) in [5.74, 6) is -0.457. The van der Waals surface area contributed by atoms with Crippen molar-refractivity contribution >= 4 is 91.6 Å². The summed E-state index contributed by atoms with van der Waals surface area (Å²) < 4.78 is 21.2. The highest BCUT2D eigenvalue weighted by atomic mass is 32.1. The number of piperidine rings is 1. The van der Waals surface area contributed by atoms with Crippen molar-refractivity contribution in [1.29, 1.82) is 0 Å². The molecule has 2 aromatic carbocycles. The van der Waals surface area contributed by atoms with Crippen LogP contribution < -0.4 is 15.4 Å². The Labute approximate surface area is 484 Å². The van der Waals surface area contributed by atoms with Gasteiger partial charge < -0.3 is 30.5 Å². The summed E-state index contributed by atoms with van der Waals surface area (Å²) in [6.45, 7) is 9.40. The van der Waals surface area contributed by atoms with Crippen LogP contribution in [-0.2, 0) is 19.2 Å². The molecule has 3 atom stereocenters. The number of aromatic hydroxyl groups is 1. The first-order valence-electron chi connectivity index (χ1n) is 27.0. The van der Waals surface area contributed by atoms with Crippen LogP contribution in [-0.4, -0.2) is 78.7 Å². The van der Waals surface area contributed by atoms with Crippen LogP contribution in [0.15, 0.2) is 123 Å². The van der Waals surface area contributed by atoms with Crippen molar-refractivity contribution in [1.82, 2.24) is 4.90 Å². The number of alkyl halides is 1. The number of ether oxygens (including phenoxy) is 1. The first-order valence-corrected chi connectivity index (χ1v) is 29.8. The second kappa shape index (κ2) is 34.8. The fraction of sp³-hybridized carbons (Fsp3) is 0.390. The number of azide groups is 2. The first-order chi connectivity index (χ1) is 39.2. The Kier molecular flexibility index (Phi) is 27.0. The highest BCUT2D eigenvalue weighted by Gasteiger charge is 2.29. The molecule has 4 N–H and O–H groups in total. The smallest absolute Gasteiger partial charge is 0.314 e. The molecule has 16 nitrogen and oxygen atoms in total. The normalized spacial score (nSPS) is 15.9. The number of phenols is 1. The number of phenolic OH excluding ortho intramolecular Hbond substituents is 1. The molecule has 5 heterocycles. The lowest BCUT2D eigenvalue weighted by Gasteiger charge is -2.30. The van der Waals surface area contributed by atoms with Gasteiger partial charge in [-0.15, -0.1) is 45.3 Å². The maximum atomic E-state index is 12.9. The molecule has 2 aliphatic rings. The van der Waals surface area contributed by atoms with Crippen LogP contribution in [0.1, 0.15) is 108 Å². The minimum absolute atomic E-state index is 0.0888. The molecule has 424 valence electrons. The zero-order chi connectivity index (χ0) is 58.4. The second-order valence-corrected chi connectivity index (χ2v) is 22.8. The number of thiophene rings is 4. The summed E-state index contributed by atoms with van der Waals surface area (Å²) in [4.78, 5) is 60.0. The minimum atomic E-state index is -1.00. The molecular weight excluding hydrogens is 1090 g/mol. The summed E-state index contributed by atoms with van der Waals surface area (Å²) in [5.41, 5.74) is 24.1. The topological polar surface area (TPSA) is 243 Å². The van der Waals surface area contributed by atoms with E-state index in [2.05, 4.69) is 120 Å². The number of hydrogen-bond donors (Lipinski definition) is 4. The highest BCUT2D eigenvalue weighted by Crippen LogP contribution is 2.38. The van der Waals surface area contributed by atoms with Crippen LogP contribution in [0, 0.1) is 38.5 Å². The van der Waals surface area contributed by atoms with Crippen LogP contribution in [0.25, 0.3) is 32.0 Å². The van der Waals surface area contributed by atoms with E-state index in [9.17, 15) is 28.7 Å². The standard InChI is InChI=1S/C29H32N4O3S2.C20H25NO2S2.C9H10N4O2.CH3F/c1-20-15-18-38-28(20)25(26-9-4-17-37-26)8-3-6-21-5-2-7-22(19-21)29(35)36-24-12-10-23(11-13-24)32-27(34)14-16-31-33-30;1-14-7-11-24-18(14)17(19-15(2)8-12-25-19)6-4-10-21-9-3-5-16(13-21)20(22)23;10-13-11-6-5-9(15)12-7-1-3-8(14)4-2-7;1-2/h4,8-13,15,17-18,21-22H,2-3,5-7,14,16,19H2,1H3,(H,32,34);6-8,11-12,16H,3-5,9-10,13H2,1-2H3,(H,22,23);1-4,14H,5-6H2,(H,12,15);1H3/b25-8-;;;/t21?,22-;16-;;/m11../s1/i;;;1D. The molecule has 1 aliphatic heterocycles. The Morgan fingerprint density at radius 1 is 0.738 bits per heavy atom. The number of carboxylic acids is 1. The predicted molar refractivity (Wildman–Crippen MR) is 323 cm³/mol. The molecule has 80 heavy (non-hydrogen) atoms. The Bertz CT molecular complexity index is 3030. The molecule has 0 spiro atoms. The van der Waals surface area contributed by atoms with Gasteiger partial charge in [0.05, 0.1) is 20.4 Å². The van der Waals surface area contributed by atoms with E-state index in [4.69, 9.17) is 22.3 Å². The molecule has 1 saturated heterocycles. The summed E-state index contributed by atoms with van der Waals surface area (Å²) in [5, 5.41) is 38.8. The van der Waals surface area contributed by atoms with Gasteiger partial charge >= 0.3 is 11.9 Å². The van der Waals surface area contributed by atoms with Crippen LogP contribution in [0.4, 0.5) is 15.8 Å². The van der Waals surface area contributed by atoms with Crippen molar-refractivity contribution in [3.05, 3.63) is 170 Å². The van der Waals surface area contributed by atoms with Gasteiger partial charge in [0.25, 0.3) is 0 Å². The SMILES string of the molecule is Cc1ccsc1/C(=C\CCC1CCC[C@@H](C(=O)Oc2ccc(NC(=O)CCN=[N+]=[N-])cc2)C1)c1cccs1.Cc1ccsc1C(=CCCN1CCC[C@@H](C(=O)O)C1)c1sccc1C.[2H]CF.[N-]=[N+]=NCCC(=O)Nc1ccc(O)cc1. The van der Waals surface area contributed by atoms with Gasteiger partial charge in [-0.25, -0.2) is 0 Å². The number of carbonyl (C=O) groups is 4. The van der Waals surface area contributed by atoms with Crippen LogP contribution >= 0.6 is 45.3 Å². The third-order valence-electron chi connectivity index (χ3n) is 13.3. The van der Waals surface area contributed by atoms with Gasteiger partial charge in [0, 0.05) is 90.9 Å². The fourth-order valence-electron chi connectivity index (χ4n) is 9.24. The molecule has 21 heteroatoms. The zero-order valence-electron chi connectivity index (χ0n) is 46.3. The number of aliphatic carboxylic acids is 1. The third-order valence-corrected chi connectivity index (χ3v) is 17.4. The number of nitrogens with zero attached hydrogens (tertiary/aromatic N) is 7. The maximum absolute atomic E-state index is 12.9. The number of halogens is 1. The Balaban J connectivity index is 0.000000239. The van der Waals surface area contributed by atoms with E-state index < -0.39 is 13.1 Å². The van der Waals surface area contributed by atoms with Gasteiger partial charge in [-0.1, -0.05) is 41.3 Å². The number of rotatable bonds is 21. The molecule has 4 aromatic heterocycles. The monoisotopic (exact) mass is 1160 g/mol. The van der Waals surface area contributed by atoms with Gasteiger partial charge in [-0.2, -0.15) is 0 Å². The number of carboxylic acid groups (broad SMARTS) is 1. The van der Waals surface area contributed by atoms with E-state index in [1.165, 1.54) is 59.5 Å². The molecule has 0 bridgehead atoms. The maximum Gasteiger partial charge on any atom is 0.314 e. The number of carbonyl (C=O) groups excluding carboxylic acids is 3. The molecule has 6 aromatic rings. The Morgan fingerprint density at radius 2 is 1.27 bits per heavy atom. The number of likely N-dealkylation sites (tertiary alicyclic amines) is 1. The van der Waals surface area contributed by atoms with E-state index in [0.29, 0.717) is 29.6 Å². The van der Waals surface area contributed by atoms with Gasteiger partial charge in [0.2, 0.25) is 11.8 Å². The van der Waals surface area contributed by atoms with Gasteiger partial charge in [-0.3, -0.25) is 23.6 Å². The zero-order valence-corrected chi connectivity index (χ0v) is 48.6. The lowest BCUT2D eigenvalue weighted by molar-refractivity contribution is -0.143. The van der Waals surface area contributed by atoms with Gasteiger partial charge in [-0.05, 0) is 200 Å². The van der Waals surface area contributed by atoms with E-state index in [1.807, 2.05) is 0 Å². The number of aryl methyl sites for hydroxylation is 3. The number of benzene rings is 2. The van der Waals surface area contributed by atoms with E-state index in [1.54, 1.807) is 81.7 Å². The fourth-order valence-corrected chi connectivity index (χ4v) is 13.1. The van der Waals surface area contributed by atoms with Crippen molar-refractivity contribution in [2.45, 2.75) is 91.4 Å². The Hall–Kier alpha value is -7.09. The largest absolute Gasteiger partial charge is 0.508 e. The molecule has 0 radical (unpaired) electrons. The van der Waals surface area contributed by atoms with Crippen molar-refractivity contribution in [3.63, 3.8) is 0 Å². The number of allylic oxidation sites excluding steroid dienone is 1. The number of nitrogens with one attached hydrogen (secondary N) is 2. The third kappa shape index (κ3) is 21.2. The van der Waals surface area contributed by atoms with Crippen molar-refractivity contribution in [2.75, 3.05) is 50.5 Å². The summed E-state index contributed by atoms with van der Waals surface area (Å²) in [6, 6.07) is 23.7. The quantitative estimate of drug-likeness (QED) is 0.0135. The van der Waals surface area contributed by atoms with Crippen molar-refractivity contribution < 1.29 is 39.9 Å². The van der Waals surface area contributed by atoms with Crippen molar-refractivity contribution in [3.8, 4) is 11.5 Å². The molecule has 2 fully saturated rings. The average molecular weight is 1170 g/mol. The molecule has 8 rings (SSSR count). The summed E-state index contributed by atoms with van der Waals surface area (Å²) in [7, 11) is -1.00. The van der Waals surface area contributed by atoms with Crippen LogP contribution in [0.2, 0.25) is 0 Å². The van der Waals surface area contributed by atoms with Gasteiger partial charge in [0.15, 0.2) is 0 Å². The molecule has 1 saturated carbocycles. The molecule has 2 amide bonds. The van der Waals surface area contributed by atoms with Crippen LogP contribution in [0.3, 0.4) is 0 Å². The Morgan fingerprint density at radius 3 is 1.79 bits per heavy atom. The lowest BCUT2D eigenvalue weighted by Crippen LogP contribution is -2.39. The predicted octanol–water partition coefficient (Wildman–Crippen LogP) is 16.0. The number of anilines is 2.